The van der Waals surface area contributed by atoms with Crippen molar-refractivity contribution in [1.29, 1.82) is 0 Å². The van der Waals surface area contributed by atoms with Gasteiger partial charge in [-0.25, -0.2) is 4.79 Å². The smallest absolute Gasteiger partial charge is 0.407 e. The highest BCUT2D eigenvalue weighted by molar-refractivity contribution is 6.31. The number of ketones is 1. The van der Waals surface area contributed by atoms with Crippen molar-refractivity contribution >= 4 is 29.4 Å². The molecule has 2 aliphatic rings. The van der Waals surface area contributed by atoms with Crippen LogP contribution in [0.4, 0.5) is 4.79 Å². The number of nitrogens with one attached hydrogen (secondary N) is 1. The first-order valence-corrected chi connectivity index (χ1v) is 19.5. The summed E-state index contributed by atoms with van der Waals surface area (Å²) in [6.07, 6.45) is -6.23. The zero-order valence-corrected chi connectivity index (χ0v) is 34.9. The summed E-state index contributed by atoms with van der Waals surface area (Å²) in [7, 11) is 6.65. The molecule has 54 heavy (non-hydrogen) atoms. The third-order valence-electron chi connectivity index (χ3n) is 11.6. The fourth-order valence-corrected chi connectivity index (χ4v) is 8.61. The van der Waals surface area contributed by atoms with E-state index >= 15 is 0 Å². The van der Waals surface area contributed by atoms with E-state index in [4.69, 9.17) is 40.0 Å². The summed E-state index contributed by atoms with van der Waals surface area (Å²) in [5.41, 5.74) is -2.19. The summed E-state index contributed by atoms with van der Waals surface area (Å²) >= 11 is 6.33. The number of Topliss-reactive ketones (excluding diaryl/α,β-unsaturated/α-hetero) is 1. The van der Waals surface area contributed by atoms with Gasteiger partial charge in [-0.3, -0.25) is 9.59 Å². The first-order chi connectivity index (χ1) is 25.2. The number of aliphatic hydroxyl groups is 2. The first kappa shape index (κ1) is 46.0. The minimum atomic E-state index is -1.76. The Bertz CT molecular complexity index is 1400. The summed E-state index contributed by atoms with van der Waals surface area (Å²) < 4.78 is 37.1. The monoisotopic (exact) mass is 784 g/mol. The predicted molar refractivity (Wildman–Crippen MR) is 204 cm³/mol. The molecule has 14 atom stereocenters. The highest BCUT2D eigenvalue weighted by atomic mass is 35.5. The molecule has 14 heteroatoms. The summed E-state index contributed by atoms with van der Waals surface area (Å²) in [4.78, 5) is 43.8. The average molecular weight is 785 g/mol. The number of likely N-dealkylation sites (N-methyl/N-ethyl adjacent to an activating group) is 1. The largest absolute Gasteiger partial charge is 0.459 e. The van der Waals surface area contributed by atoms with Crippen molar-refractivity contribution in [2.45, 2.75) is 141 Å². The molecule has 0 aliphatic carbocycles. The summed E-state index contributed by atoms with van der Waals surface area (Å²) in [5.74, 6) is -4.29. The van der Waals surface area contributed by atoms with Crippen molar-refractivity contribution in [1.82, 2.24) is 10.2 Å². The van der Waals surface area contributed by atoms with Crippen molar-refractivity contribution in [2.24, 2.45) is 23.7 Å². The highest BCUT2D eigenvalue weighted by Gasteiger charge is 2.53. The van der Waals surface area contributed by atoms with E-state index in [2.05, 4.69) is 5.32 Å². The Balaban J connectivity index is 2.14. The molecule has 1 aromatic carbocycles. The van der Waals surface area contributed by atoms with Crippen LogP contribution in [0.2, 0.25) is 5.02 Å². The minimum Gasteiger partial charge on any atom is -0.459 e. The number of cyclic esters (lactones) is 1. The number of hydrogen-bond acceptors (Lipinski definition) is 12. The minimum absolute atomic E-state index is 0.128. The lowest BCUT2D eigenvalue weighted by Crippen LogP contribution is -2.61. The van der Waals surface area contributed by atoms with Crippen molar-refractivity contribution < 1.29 is 53.0 Å². The van der Waals surface area contributed by atoms with Crippen LogP contribution in [0.5, 0.6) is 0 Å². The summed E-state index contributed by atoms with van der Waals surface area (Å²) in [5, 5.41) is 26.8. The number of hydrogen-bond donors (Lipinski definition) is 3. The molecule has 2 saturated heterocycles. The van der Waals surface area contributed by atoms with Crippen molar-refractivity contribution in [3.8, 4) is 0 Å². The Morgan fingerprint density at radius 3 is 2.28 bits per heavy atom. The van der Waals surface area contributed by atoms with Crippen LogP contribution in [0, 0.1) is 23.7 Å². The van der Waals surface area contributed by atoms with Crippen LogP contribution in [-0.2, 0) is 44.4 Å². The number of ether oxygens (including phenoxy) is 6. The van der Waals surface area contributed by atoms with E-state index in [1.807, 2.05) is 44.1 Å². The fourth-order valence-electron chi connectivity index (χ4n) is 8.38. The van der Waals surface area contributed by atoms with E-state index in [0.29, 0.717) is 17.9 Å². The van der Waals surface area contributed by atoms with Crippen molar-refractivity contribution in [2.75, 3.05) is 34.9 Å². The number of alkyl carbamates (subject to hydrolysis) is 1. The number of aliphatic hydroxyl groups excluding tert-OH is 1. The second-order valence-corrected chi connectivity index (χ2v) is 16.4. The van der Waals surface area contributed by atoms with Gasteiger partial charge in [0.05, 0.1) is 29.8 Å². The van der Waals surface area contributed by atoms with Crippen molar-refractivity contribution in [3.63, 3.8) is 0 Å². The van der Waals surface area contributed by atoms with Gasteiger partial charge in [-0.15, -0.1) is 0 Å². The van der Waals surface area contributed by atoms with Crippen LogP contribution in [0.25, 0.3) is 0 Å². The van der Waals surface area contributed by atoms with Crippen LogP contribution < -0.4 is 5.32 Å². The Hall–Kier alpha value is -2.36. The molecule has 308 valence electrons. The Kier molecular flexibility index (Phi) is 16.8. The van der Waals surface area contributed by atoms with Gasteiger partial charge in [-0.2, -0.15) is 0 Å². The van der Waals surface area contributed by atoms with Gasteiger partial charge < -0.3 is 48.9 Å². The molecule has 0 bridgehead atoms. The molecule has 0 radical (unpaired) electrons. The second kappa shape index (κ2) is 19.7. The molecule has 3 rings (SSSR count). The maximum atomic E-state index is 14.2. The lowest BCUT2D eigenvalue weighted by molar-refractivity contribution is -0.301. The quantitative estimate of drug-likeness (QED) is 0.279. The van der Waals surface area contributed by atoms with E-state index in [1.165, 1.54) is 21.1 Å². The van der Waals surface area contributed by atoms with E-state index in [1.54, 1.807) is 47.6 Å². The van der Waals surface area contributed by atoms with Gasteiger partial charge in [0.25, 0.3) is 0 Å². The number of methoxy groups -OCH3 is 2. The van der Waals surface area contributed by atoms with E-state index in [9.17, 15) is 24.6 Å². The number of nitrogens with zero attached hydrogens (tertiary/aromatic N) is 1. The molecule has 2 heterocycles. The van der Waals surface area contributed by atoms with Crippen LogP contribution in [-0.4, -0.2) is 128 Å². The number of benzene rings is 1. The standard InChI is InChI=1S/C40H65ClN2O11/c1-13-30-40(8,48)35(49-11)24(4)31(44)22(2)21-39(7,50-12)34(54-37-32(45)29(43(9)10)20-23(3)51-37)25(5)33(26(6)36(46)52-30)53-38(47)42-19-18-27-16-14-15-17-28(27)41/h14-17,22-26,29-30,32-35,37,45,48H,13,18-21H2,1-12H3,(H,42,47)/t22-,23-,24-,25+,26-,29+,30-,32-,33+,34-,35-,37+,39-,40-/m1/s1. The van der Waals surface area contributed by atoms with E-state index in [-0.39, 0.29) is 37.3 Å². The predicted octanol–water partition coefficient (Wildman–Crippen LogP) is 4.80. The van der Waals surface area contributed by atoms with Crippen LogP contribution in [0.1, 0.15) is 80.2 Å². The molecule has 0 spiro atoms. The highest BCUT2D eigenvalue weighted by Crippen LogP contribution is 2.40. The maximum absolute atomic E-state index is 14.2. The van der Waals surface area contributed by atoms with Crippen LogP contribution >= 0.6 is 11.6 Å². The normalized spacial score (nSPS) is 38.7. The number of amides is 1. The van der Waals surface area contributed by atoms with Gasteiger partial charge in [0.2, 0.25) is 0 Å². The summed E-state index contributed by atoms with van der Waals surface area (Å²) in [6, 6.07) is 7.02. The Morgan fingerprint density at radius 2 is 1.70 bits per heavy atom. The fraction of sp³-hybridized carbons (Fsp3) is 0.775. The molecule has 0 saturated carbocycles. The van der Waals surface area contributed by atoms with E-state index < -0.39 is 83.7 Å². The van der Waals surface area contributed by atoms with E-state index in [0.717, 1.165) is 5.56 Å². The summed E-state index contributed by atoms with van der Waals surface area (Å²) in [6.45, 7) is 14.0. The molecule has 0 unspecified atom stereocenters. The van der Waals surface area contributed by atoms with Crippen LogP contribution in [0.3, 0.4) is 0 Å². The Labute approximate surface area is 326 Å². The molecule has 13 nitrogen and oxygen atoms in total. The Morgan fingerprint density at radius 1 is 1.06 bits per heavy atom. The zero-order chi connectivity index (χ0) is 40.7. The SMILES string of the molecule is CC[C@H]1OC(=O)[C@H](C)[C@@H](OC(=O)NCCc2ccccc2Cl)[C@H](C)[C@@H](O[C@@H]2O[C@H](C)C[C@H](N(C)C)[C@H]2O)[C@](C)(OC)C[C@@H](C)C(=O)[C@@H](C)[C@@H](OC)[C@]1(C)O. The third-order valence-corrected chi connectivity index (χ3v) is 11.9. The van der Waals surface area contributed by atoms with Gasteiger partial charge in [0, 0.05) is 49.6 Å². The molecule has 2 aliphatic heterocycles. The van der Waals surface area contributed by atoms with Gasteiger partial charge in [-0.1, -0.05) is 57.5 Å². The number of halogens is 1. The lowest BCUT2D eigenvalue weighted by Gasteiger charge is -2.48. The molecule has 0 aromatic heterocycles. The average Bonchev–Trinajstić information content (AvgIpc) is 3.12. The van der Waals surface area contributed by atoms with Gasteiger partial charge in [0.1, 0.15) is 29.7 Å². The zero-order valence-electron chi connectivity index (χ0n) is 34.2. The number of carbonyl (C=O) groups is 3. The number of carbonyl (C=O) groups excluding carboxylic acids is 3. The molecule has 2 fully saturated rings. The first-order valence-electron chi connectivity index (χ1n) is 19.1. The third kappa shape index (κ3) is 10.7. The molecule has 1 aromatic rings. The molecular weight excluding hydrogens is 720 g/mol. The topological polar surface area (TPSA) is 162 Å². The second-order valence-electron chi connectivity index (χ2n) is 15.9. The maximum Gasteiger partial charge on any atom is 0.407 e. The van der Waals surface area contributed by atoms with Crippen LogP contribution in [0.15, 0.2) is 24.3 Å². The lowest BCUT2D eigenvalue weighted by atomic mass is 9.73. The molecular formula is C40H65ClN2O11. The van der Waals surface area contributed by atoms with Crippen molar-refractivity contribution in [3.05, 3.63) is 34.9 Å². The molecule has 3 N–H and O–H groups in total. The number of esters is 1. The van der Waals surface area contributed by atoms with Gasteiger partial charge in [0.15, 0.2) is 6.29 Å². The van der Waals surface area contributed by atoms with Gasteiger partial charge in [-0.05, 0) is 79.1 Å². The number of rotatable bonds is 10. The molecule has 1 amide bonds. The van der Waals surface area contributed by atoms with Gasteiger partial charge >= 0.3 is 12.1 Å².